The highest BCUT2D eigenvalue weighted by molar-refractivity contribution is 9.10. The number of hydrogen-bond acceptors (Lipinski definition) is 5. The van der Waals surface area contributed by atoms with Crippen LogP contribution >= 0.6 is 15.9 Å². The largest absolute Gasteiger partial charge is 0.454 e. The van der Waals surface area contributed by atoms with E-state index in [1.54, 1.807) is 6.92 Å². The molecule has 0 aliphatic carbocycles. The SMILES string of the molecule is Cc1ncoc1COC(=O)c1ccc(Br)nc1C(F)(F)F. The van der Waals surface area contributed by atoms with Crippen LogP contribution in [0.3, 0.4) is 0 Å². The second-order valence-corrected chi connectivity index (χ2v) is 4.78. The van der Waals surface area contributed by atoms with Gasteiger partial charge in [-0.1, -0.05) is 0 Å². The fourth-order valence-corrected chi connectivity index (χ4v) is 1.80. The van der Waals surface area contributed by atoms with Gasteiger partial charge in [0.2, 0.25) is 0 Å². The number of alkyl halides is 3. The molecule has 0 unspecified atom stereocenters. The predicted molar refractivity (Wildman–Crippen MR) is 67.3 cm³/mol. The second-order valence-electron chi connectivity index (χ2n) is 3.96. The highest BCUT2D eigenvalue weighted by atomic mass is 79.9. The number of ether oxygens (including phenoxy) is 1. The Bertz CT molecular complexity index is 670. The van der Waals surface area contributed by atoms with E-state index < -0.39 is 23.4 Å². The molecule has 0 atom stereocenters. The van der Waals surface area contributed by atoms with E-state index in [4.69, 9.17) is 9.15 Å². The summed E-state index contributed by atoms with van der Waals surface area (Å²) in [5.41, 5.74) is -1.48. The van der Waals surface area contributed by atoms with Gasteiger partial charge >= 0.3 is 12.1 Å². The number of carbonyl (C=O) groups is 1. The summed E-state index contributed by atoms with van der Waals surface area (Å²) in [6.45, 7) is 1.31. The highest BCUT2D eigenvalue weighted by Gasteiger charge is 2.38. The van der Waals surface area contributed by atoms with Gasteiger partial charge in [0.25, 0.3) is 0 Å². The van der Waals surface area contributed by atoms with Crippen molar-refractivity contribution in [1.82, 2.24) is 9.97 Å². The van der Waals surface area contributed by atoms with Crippen LogP contribution < -0.4 is 0 Å². The maximum Gasteiger partial charge on any atom is 0.434 e. The maximum absolute atomic E-state index is 12.8. The van der Waals surface area contributed by atoms with Crippen LogP contribution in [0.4, 0.5) is 13.2 Å². The minimum Gasteiger partial charge on any atom is -0.454 e. The summed E-state index contributed by atoms with van der Waals surface area (Å²) >= 11 is 2.83. The Kier molecular flexibility index (Phi) is 4.31. The first-order chi connectivity index (χ1) is 9.79. The number of carbonyl (C=O) groups excluding carboxylic acids is 1. The lowest BCUT2D eigenvalue weighted by molar-refractivity contribution is -0.141. The molecule has 0 saturated carbocycles. The van der Waals surface area contributed by atoms with Crippen LogP contribution in [-0.2, 0) is 17.5 Å². The fraction of sp³-hybridized carbons (Fsp3) is 0.250. The third kappa shape index (κ3) is 3.60. The van der Waals surface area contributed by atoms with E-state index in [1.807, 2.05) is 0 Å². The molecule has 112 valence electrons. The van der Waals surface area contributed by atoms with E-state index in [9.17, 15) is 18.0 Å². The van der Waals surface area contributed by atoms with Crippen molar-refractivity contribution in [1.29, 1.82) is 0 Å². The van der Waals surface area contributed by atoms with Gasteiger partial charge in [0, 0.05) is 0 Å². The summed E-state index contributed by atoms with van der Waals surface area (Å²) in [5, 5.41) is 0. The normalized spacial score (nSPS) is 11.5. The van der Waals surface area contributed by atoms with Crippen molar-refractivity contribution in [2.24, 2.45) is 0 Å². The Hall–Kier alpha value is -1.90. The molecule has 0 radical (unpaired) electrons. The van der Waals surface area contributed by atoms with Crippen molar-refractivity contribution >= 4 is 21.9 Å². The summed E-state index contributed by atoms with van der Waals surface area (Å²) in [5.74, 6) is -0.875. The topological polar surface area (TPSA) is 65.2 Å². The van der Waals surface area contributed by atoms with Gasteiger partial charge in [-0.05, 0) is 35.0 Å². The number of aromatic nitrogens is 2. The number of aryl methyl sites for hydroxylation is 1. The predicted octanol–water partition coefficient (Wildman–Crippen LogP) is 3.52. The first-order valence-electron chi connectivity index (χ1n) is 5.59. The number of rotatable bonds is 3. The Morgan fingerprint density at radius 3 is 2.71 bits per heavy atom. The van der Waals surface area contributed by atoms with E-state index in [-0.39, 0.29) is 17.0 Å². The van der Waals surface area contributed by atoms with Gasteiger partial charge in [-0.3, -0.25) is 0 Å². The zero-order valence-electron chi connectivity index (χ0n) is 10.6. The number of hydrogen-bond donors (Lipinski definition) is 0. The minimum absolute atomic E-state index is 0.0301. The standard InChI is InChI=1S/C12H8BrF3N2O3/c1-6-8(21-5-17-6)4-20-11(19)7-2-3-9(13)18-10(7)12(14,15)16/h2-3,5H,4H2,1H3. The van der Waals surface area contributed by atoms with Crippen LogP contribution in [0, 0.1) is 6.92 Å². The van der Waals surface area contributed by atoms with Crippen molar-refractivity contribution in [3.8, 4) is 0 Å². The third-order valence-electron chi connectivity index (χ3n) is 2.53. The zero-order valence-corrected chi connectivity index (χ0v) is 12.2. The third-order valence-corrected chi connectivity index (χ3v) is 2.97. The maximum atomic E-state index is 12.8. The van der Waals surface area contributed by atoms with Gasteiger partial charge in [-0.2, -0.15) is 13.2 Å². The van der Waals surface area contributed by atoms with Gasteiger partial charge in [0.1, 0.15) is 4.60 Å². The Labute approximate surface area is 125 Å². The fourth-order valence-electron chi connectivity index (χ4n) is 1.49. The lowest BCUT2D eigenvalue weighted by atomic mass is 10.2. The lowest BCUT2D eigenvalue weighted by Crippen LogP contribution is -2.17. The van der Waals surface area contributed by atoms with Crippen LogP contribution in [0.5, 0.6) is 0 Å². The summed E-state index contributed by atoms with van der Waals surface area (Å²) in [4.78, 5) is 18.9. The minimum atomic E-state index is -4.76. The van der Waals surface area contributed by atoms with Gasteiger partial charge in [-0.15, -0.1) is 0 Å². The Balaban J connectivity index is 2.21. The zero-order chi connectivity index (χ0) is 15.6. The summed E-state index contributed by atoms with van der Waals surface area (Å²) < 4.78 is 48.2. The molecule has 0 bridgehead atoms. The van der Waals surface area contributed by atoms with Crippen molar-refractivity contribution in [3.63, 3.8) is 0 Å². The number of halogens is 4. The first kappa shape index (κ1) is 15.5. The van der Waals surface area contributed by atoms with E-state index in [1.165, 1.54) is 6.07 Å². The van der Waals surface area contributed by atoms with Crippen LogP contribution in [0.2, 0.25) is 0 Å². The molecule has 0 N–H and O–H groups in total. The van der Waals surface area contributed by atoms with Crippen molar-refractivity contribution < 1.29 is 27.1 Å². The molecule has 0 aliphatic rings. The first-order valence-corrected chi connectivity index (χ1v) is 6.38. The molecule has 2 aromatic heterocycles. The second kappa shape index (κ2) is 5.84. The monoisotopic (exact) mass is 364 g/mol. The van der Waals surface area contributed by atoms with Gasteiger partial charge < -0.3 is 9.15 Å². The Morgan fingerprint density at radius 2 is 2.14 bits per heavy atom. The van der Waals surface area contributed by atoms with Gasteiger partial charge in [0.15, 0.2) is 24.5 Å². The Morgan fingerprint density at radius 1 is 1.43 bits per heavy atom. The molecule has 5 nitrogen and oxygen atoms in total. The molecule has 9 heteroatoms. The highest BCUT2D eigenvalue weighted by Crippen LogP contribution is 2.32. The molecule has 2 rings (SSSR count). The van der Waals surface area contributed by atoms with E-state index >= 15 is 0 Å². The van der Waals surface area contributed by atoms with Crippen LogP contribution in [0.25, 0.3) is 0 Å². The lowest BCUT2D eigenvalue weighted by Gasteiger charge is -2.11. The average molecular weight is 365 g/mol. The van der Waals surface area contributed by atoms with E-state index in [0.717, 1.165) is 12.5 Å². The molecular weight excluding hydrogens is 357 g/mol. The van der Waals surface area contributed by atoms with E-state index in [2.05, 4.69) is 25.9 Å². The number of nitrogens with zero attached hydrogens (tertiary/aromatic N) is 2. The van der Waals surface area contributed by atoms with Crippen molar-refractivity contribution in [2.75, 3.05) is 0 Å². The number of pyridine rings is 1. The molecule has 0 amide bonds. The van der Waals surface area contributed by atoms with Crippen LogP contribution in [0.15, 0.2) is 27.5 Å². The molecular formula is C12H8BrF3N2O3. The summed E-state index contributed by atoms with van der Waals surface area (Å²) in [7, 11) is 0. The molecule has 21 heavy (non-hydrogen) atoms. The average Bonchev–Trinajstić information content (AvgIpc) is 2.80. The summed E-state index contributed by atoms with van der Waals surface area (Å²) in [6, 6.07) is 2.22. The smallest absolute Gasteiger partial charge is 0.434 e. The van der Waals surface area contributed by atoms with Crippen LogP contribution in [-0.4, -0.2) is 15.9 Å². The van der Waals surface area contributed by atoms with Gasteiger partial charge in [0.05, 0.1) is 11.3 Å². The molecule has 0 aliphatic heterocycles. The molecule has 0 fully saturated rings. The summed E-state index contributed by atoms with van der Waals surface area (Å²) in [6.07, 6.45) is -3.61. The van der Waals surface area contributed by atoms with E-state index in [0.29, 0.717) is 5.69 Å². The molecule has 0 aromatic carbocycles. The molecule has 2 aromatic rings. The van der Waals surface area contributed by atoms with Crippen molar-refractivity contribution in [3.05, 3.63) is 45.8 Å². The molecule has 0 saturated heterocycles. The van der Waals surface area contributed by atoms with Crippen LogP contribution in [0.1, 0.15) is 27.5 Å². The molecule has 2 heterocycles. The number of esters is 1. The van der Waals surface area contributed by atoms with Gasteiger partial charge in [-0.25, -0.2) is 14.8 Å². The molecule has 0 spiro atoms. The van der Waals surface area contributed by atoms with Crippen molar-refractivity contribution in [2.45, 2.75) is 19.7 Å². The number of oxazole rings is 1. The quantitative estimate of drug-likeness (QED) is 0.615.